The van der Waals surface area contributed by atoms with Crippen molar-refractivity contribution in [1.29, 1.82) is 0 Å². The normalized spacial score (nSPS) is 35.8. The highest BCUT2D eigenvalue weighted by Crippen LogP contribution is 2.37. The fourth-order valence-electron chi connectivity index (χ4n) is 3.83. The van der Waals surface area contributed by atoms with Crippen LogP contribution in [0.15, 0.2) is 0 Å². The van der Waals surface area contributed by atoms with E-state index in [0.717, 1.165) is 12.6 Å². The molecule has 0 aromatic heterocycles. The van der Waals surface area contributed by atoms with E-state index >= 15 is 0 Å². The number of rotatable bonds is 3. The molecule has 4 heteroatoms. The molecule has 110 valence electrons. The van der Waals surface area contributed by atoms with Gasteiger partial charge in [-0.15, -0.1) is 0 Å². The summed E-state index contributed by atoms with van der Waals surface area (Å²) >= 11 is 2.09. The Hall–Kier alpha value is 0.230. The number of likely N-dealkylation sites (N-methyl/N-ethyl adjacent to an activating group) is 1. The van der Waals surface area contributed by atoms with E-state index in [9.17, 15) is 0 Å². The summed E-state index contributed by atoms with van der Waals surface area (Å²) in [7, 11) is 2.27. The van der Waals surface area contributed by atoms with Gasteiger partial charge in [-0.25, -0.2) is 0 Å². The van der Waals surface area contributed by atoms with Gasteiger partial charge < -0.3 is 15.0 Å². The zero-order chi connectivity index (χ0) is 13.1. The first-order valence-corrected chi connectivity index (χ1v) is 9.08. The molecule has 1 N–H and O–H groups in total. The maximum Gasteiger partial charge on any atom is 0.0713 e. The second kappa shape index (κ2) is 6.33. The molecular formula is C15H28N2OS. The summed E-state index contributed by atoms with van der Waals surface area (Å²) < 4.78 is 6.17. The molecule has 3 fully saturated rings. The van der Waals surface area contributed by atoms with E-state index in [1.54, 1.807) is 0 Å². The number of hydrogen-bond donors (Lipinski definition) is 1. The van der Waals surface area contributed by atoms with Gasteiger partial charge in [-0.05, 0) is 63.6 Å². The van der Waals surface area contributed by atoms with E-state index < -0.39 is 0 Å². The Morgan fingerprint density at radius 3 is 2.89 bits per heavy atom. The SMILES string of the molecule is CN1CCCC1CNC1CCOC2(CCSCC2)C1. The summed E-state index contributed by atoms with van der Waals surface area (Å²) in [5.74, 6) is 2.58. The summed E-state index contributed by atoms with van der Waals surface area (Å²) in [6, 6.07) is 1.45. The van der Waals surface area contributed by atoms with E-state index in [1.165, 1.54) is 63.1 Å². The Balaban J connectivity index is 1.48. The molecule has 3 nitrogen and oxygen atoms in total. The largest absolute Gasteiger partial charge is 0.375 e. The lowest BCUT2D eigenvalue weighted by atomic mass is 9.85. The van der Waals surface area contributed by atoms with Gasteiger partial charge in [-0.1, -0.05) is 0 Å². The third-order valence-electron chi connectivity index (χ3n) is 5.21. The van der Waals surface area contributed by atoms with Crippen molar-refractivity contribution >= 4 is 11.8 Å². The van der Waals surface area contributed by atoms with Crippen molar-refractivity contribution in [3.63, 3.8) is 0 Å². The second-order valence-corrected chi connectivity index (χ2v) is 7.74. The standard InChI is InChI=1S/C15H28N2OS/c1-17-7-2-3-14(17)12-16-13-4-8-18-15(11-13)5-9-19-10-6-15/h13-14,16H,2-12H2,1H3. The van der Waals surface area contributed by atoms with E-state index in [2.05, 4.69) is 29.0 Å². The Morgan fingerprint density at radius 2 is 2.16 bits per heavy atom. The van der Waals surface area contributed by atoms with Crippen molar-refractivity contribution in [3.05, 3.63) is 0 Å². The molecule has 3 heterocycles. The lowest BCUT2D eigenvalue weighted by Crippen LogP contribution is -2.50. The van der Waals surface area contributed by atoms with Gasteiger partial charge in [0.05, 0.1) is 5.60 Å². The molecule has 0 radical (unpaired) electrons. The van der Waals surface area contributed by atoms with Crippen molar-refractivity contribution in [2.24, 2.45) is 0 Å². The van der Waals surface area contributed by atoms with Gasteiger partial charge in [0.2, 0.25) is 0 Å². The number of nitrogens with one attached hydrogen (secondary N) is 1. The average Bonchev–Trinajstić information content (AvgIpc) is 2.83. The van der Waals surface area contributed by atoms with Crippen LogP contribution in [0, 0.1) is 0 Å². The lowest BCUT2D eigenvalue weighted by Gasteiger charge is -2.43. The molecule has 3 aliphatic rings. The Labute approximate surface area is 121 Å². The average molecular weight is 284 g/mol. The summed E-state index contributed by atoms with van der Waals surface area (Å²) in [6.45, 7) is 3.41. The summed E-state index contributed by atoms with van der Waals surface area (Å²) in [4.78, 5) is 2.51. The molecule has 3 saturated heterocycles. The first-order chi connectivity index (χ1) is 9.27. The monoisotopic (exact) mass is 284 g/mol. The van der Waals surface area contributed by atoms with E-state index in [4.69, 9.17) is 4.74 Å². The first-order valence-electron chi connectivity index (χ1n) is 7.93. The summed E-state index contributed by atoms with van der Waals surface area (Å²) in [5.41, 5.74) is 0.225. The van der Waals surface area contributed by atoms with Crippen molar-refractivity contribution in [1.82, 2.24) is 10.2 Å². The van der Waals surface area contributed by atoms with Gasteiger partial charge in [-0.2, -0.15) is 11.8 Å². The summed E-state index contributed by atoms with van der Waals surface area (Å²) in [6.07, 6.45) is 7.71. The molecule has 0 saturated carbocycles. The lowest BCUT2D eigenvalue weighted by molar-refractivity contribution is -0.0934. The Morgan fingerprint density at radius 1 is 1.32 bits per heavy atom. The maximum atomic E-state index is 6.17. The van der Waals surface area contributed by atoms with Crippen LogP contribution in [0.5, 0.6) is 0 Å². The van der Waals surface area contributed by atoms with Gasteiger partial charge in [0.25, 0.3) is 0 Å². The fraction of sp³-hybridized carbons (Fsp3) is 1.00. The topological polar surface area (TPSA) is 24.5 Å². The molecule has 1 spiro atoms. The number of thioether (sulfide) groups is 1. The molecule has 0 aliphatic carbocycles. The van der Waals surface area contributed by atoms with Gasteiger partial charge in [-0.3, -0.25) is 0 Å². The number of ether oxygens (including phenoxy) is 1. The quantitative estimate of drug-likeness (QED) is 0.858. The molecule has 0 aromatic carbocycles. The highest BCUT2D eigenvalue weighted by Gasteiger charge is 2.38. The smallest absolute Gasteiger partial charge is 0.0713 e. The van der Waals surface area contributed by atoms with Gasteiger partial charge in [0.15, 0.2) is 0 Å². The van der Waals surface area contributed by atoms with Crippen molar-refractivity contribution < 1.29 is 4.74 Å². The molecule has 2 unspecified atom stereocenters. The van der Waals surface area contributed by atoms with E-state index in [-0.39, 0.29) is 5.60 Å². The van der Waals surface area contributed by atoms with Gasteiger partial charge in [0, 0.05) is 25.2 Å². The van der Waals surface area contributed by atoms with Crippen LogP contribution in [-0.4, -0.2) is 60.8 Å². The zero-order valence-electron chi connectivity index (χ0n) is 12.2. The first kappa shape index (κ1) is 14.2. The highest BCUT2D eigenvalue weighted by atomic mass is 32.2. The van der Waals surface area contributed by atoms with E-state index in [1.807, 2.05) is 0 Å². The minimum absolute atomic E-state index is 0.225. The van der Waals surface area contributed by atoms with Crippen LogP contribution in [-0.2, 0) is 4.74 Å². The molecule has 0 bridgehead atoms. The molecular weight excluding hydrogens is 256 g/mol. The third-order valence-corrected chi connectivity index (χ3v) is 6.20. The number of nitrogens with zero attached hydrogens (tertiary/aromatic N) is 1. The van der Waals surface area contributed by atoms with Crippen LogP contribution in [0.2, 0.25) is 0 Å². The van der Waals surface area contributed by atoms with Crippen molar-refractivity contribution in [3.8, 4) is 0 Å². The summed E-state index contributed by atoms with van der Waals surface area (Å²) in [5, 5.41) is 3.84. The van der Waals surface area contributed by atoms with Crippen LogP contribution in [0.3, 0.4) is 0 Å². The molecule has 3 rings (SSSR count). The van der Waals surface area contributed by atoms with Gasteiger partial charge in [0.1, 0.15) is 0 Å². The minimum Gasteiger partial charge on any atom is -0.375 e. The Bertz CT molecular complexity index is 288. The maximum absolute atomic E-state index is 6.17. The number of likely N-dealkylation sites (tertiary alicyclic amines) is 1. The molecule has 0 amide bonds. The van der Waals surface area contributed by atoms with Crippen LogP contribution in [0.4, 0.5) is 0 Å². The highest BCUT2D eigenvalue weighted by molar-refractivity contribution is 7.99. The van der Waals surface area contributed by atoms with Gasteiger partial charge >= 0.3 is 0 Å². The third kappa shape index (κ3) is 3.46. The predicted molar refractivity (Wildman–Crippen MR) is 81.9 cm³/mol. The van der Waals surface area contributed by atoms with Crippen LogP contribution >= 0.6 is 11.8 Å². The van der Waals surface area contributed by atoms with Crippen molar-refractivity contribution in [2.45, 2.75) is 56.2 Å². The number of hydrogen-bond acceptors (Lipinski definition) is 4. The second-order valence-electron chi connectivity index (χ2n) is 6.52. The van der Waals surface area contributed by atoms with E-state index in [0.29, 0.717) is 6.04 Å². The Kier molecular flexibility index (Phi) is 4.73. The molecule has 19 heavy (non-hydrogen) atoms. The van der Waals surface area contributed by atoms with Crippen LogP contribution in [0.1, 0.15) is 38.5 Å². The predicted octanol–water partition coefficient (Wildman–Crippen LogP) is 2.11. The van der Waals surface area contributed by atoms with Crippen LogP contribution < -0.4 is 5.32 Å². The fourth-order valence-corrected chi connectivity index (χ4v) is 5.07. The van der Waals surface area contributed by atoms with Crippen molar-refractivity contribution in [2.75, 3.05) is 38.2 Å². The minimum atomic E-state index is 0.225. The molecule has 2 atom stereocenters. The van der Waals surface area contributed by atoms with Crippen LogP contribution in [0.25, 0.3) is 0 Å². The molecule has 0 aromatic rings. The zero-order valence-corrected chi connectivity index (χ0v) is 13.0. The molecule has 3 aliphatic heterocycles.